The summed E-state index contributed by atoms with van der Waals surface area (Å²) in [5.41, 5.74) is 2.81. The van der Waals surface area contributed by atoms with Gasteiger partial charge in [0.2, 0.25) is 0 Å². The molecule has 2 saturated heterocycles. The maximum atomic E-state index is 12.8. The van der Waals surface area contributed by atoms with Crippen LogP contribution in [-0.4, -0.2) is 47.7 Å². The molecular weight excluding hydrogens is 360 g/mol. The van der Waals surface area contributed by atoms with Gasteiger partial charge in [0.25, 0.3) is 5.91 Å². The summed E-state index contributed by atoms with van der Waals surface area (Å²) >= 11 is 0. The van der Waals surface area contributed by atoms with Crippen LogP contribution in [0.5, 0.6) is 0 Å². The van der Waals surface area contributed by atoms with Crippen molar-refractivity contribution < 1.29 is 9.59 Å². The van der Waals surface area contributed by atoms with Gasteiger partial charge in [-0.25, -0.2) is 0 Å². The Balaban J connectivity index is 1.32. The number of benzene rings is 2. The lowest BCUT2D eigenvalue weighted by atomic mass is 9.89. The van der Waals surface area contributed by atoms with Crippen LogP contribution in [0.15, 0.2) is 54.6 Å². The van der Waals surface area contributed by atoms with E-state index in [0.717, 1.165) is 69.5 Å². The molecule has 2 heterocycles. The molecule has 0 radical (unpaired) electrons. The molecule has 2 fully saturated rings. The molecule has 4 rings (SSSR count). The maximum absolute atomic E-state index is 12.8. The first kappa shape index (κ1) is 19.8. The lowest BCUT2D eigenvalue weighted by Gasteiger charge is -2.31. The summed E-state index contributed by atoms with van der Waals surface area (Å²) in [5, 5.41) is 0. The van der Waals surface area contributed by atoms with E-state index in [1.807, 2.05) is 47.4 Å². The van der Waals surface area contributed by atoms with Gasteiger partial charge in [0, 0.05) is 36.7 Å². The van der Waals surface area contributed by atoms with E-state index in [-0.39, 0.29) is 17.6 Å². The first-order valence-electron chi connectivity index (χ1n) is 10.9. The normalized spacial score (nSPS) is 18.6. The third-order valence-corrected chi connectivity index (χ3v) is 6.24. The Morgan fingerprint density at radius 2 is 1.48 bits per heavy atom. The third-order valence-electron chi connectivity index (χ3n) is 6.24. The maximum Gasteiger partial charge on any atom is 0.253 e. The molecule has 29 heavy (non-hydrogen) atoms. The number of carbonyl (C=O) groups excluding carboxylic acids is 2. The van der Waals surface area contributed by atoms with E-state index in [9.17, 15) is 9.59 Å². The molecule has 0 bridgehead atoms. The summed E-state index contributed by atoms with van der Waals surface area (Å²) in [6.45, 7) is 4.45. The summed E-state index contributed by atoms with van der Waals surface area (Å²) in [6.07, 6.45) is 5.26. The molecule has 2 aromatic carbocycles. The molecule has 4 heteroatoms. The Morgan fingerprint density at radius 1 is 0.793 bits per heavy atom. The zero-order valence-corrected chi connectivity index (χ0v) is 17.1. The van der Waals surface area contributed by atoms with E-state index in [1.165, 1.54) is 12.0 Å². The number of hydrogen-bond acceptors (Lipinski definition) is 3. The van der Waals surface area contributed by atoms with E-state index < -0.39 is 0 Å². The van der Waals surface area contributed by atoms with E-state index in [1.54, 1.807) is 0 Å². The average Bonchev–Trinajstić information content (AvgIpc) is 2.80. The van der Waals surface area contributed by atoms with Gasteiger partial charge in [-0.05, 0) is 62.9 Å². The van der Waals surface area contributed by atoms with Crippen molar-refractivity contribution in [1.82, 2.24) is 9.80 Å². The predicted octanol–water partition coefficient (Wildman–Crippen LogP) is 4.41. The summed E-state index contributed by atoms with van der Waals surface area (Å²) in [4.78, 5) is 29.8. The van der Waals surface area contributed by atoms with Crippen molar-refractivity contribution in [1.29, 1.82) is 0 Å². The smallest absolute Gasteiger partial charge is 0.253 e. The van der Waals surface area contributed by atoms with Crippen LogP contribution in [0, 0.1) is 5.92 Å². The second kappa shape index (κ2) is 9.36. The van der Waals surface area contributed by atoms with Crippen molar-refractivity contribution in [2.24, 2.45) is 5.92 Å². The molecule has 4 nitrogen and oxygen atoms in total. The SMILES string of the molecule is O=C(c1ccccc1)C1CCN(Cc2cccc(C(=O)N3CCCCC3)c2)CC1. The first-order valence-corrected chi connectivity index (χ1v) is 10.9. The van der Waals surface area contributed by atoms with Gasteiger partial charge in [-0.1, -0.05) is 42.5 Å². The number of piperidine rings is 2. The Morgan fingerprint density at radius 3 is 2.21 bits per heavy atom. The Hall–Kier alpha value is -2.46. The number of likely N-dealkylation sites (tertiary alicyclic amines) is 2. The number of hydrogen-bond donors (Lipinski definition) is 0. The third kappa shape index (κ3) is 4.94. The number of amides is 1. The second-order valence-electron chi connectivity index (χ2n) is 8.33. The highest BCUT2D eigenvalue weighted by molar-refractivity contribution is 5.97. The van der Waals surface area contributed by atoms with Gasteiger partial charge in [0.1, 0.15) is 0 Å². The van der Waals surface area contributed by atoms with Crippen molar-refractivity contribution >= 4 is 11.7 Å². The number of rotatable bonds is 5. The van der Waals surface area contributed by atoms with Gasteiger partial charge in [-0.2, -0.15) is 0 Å². The van der Waals surface area contributed by atoms with Crippen LogP contribution in [0.1, 0.15) is 58.4 Å². The molecule has 2 aliphatic rings. The summed E-state index contributed by atoms with van der Waals surface area (Å²) in [6, 6.07) is 17.7. The number of nitrogens with zero attached hydrogens (tertiary/aromatic N) is 2. The van der Waals surface area contributed by atoms with Crippen molar-refractivity contribution in [3.05, 3.63) is 71.3 Å². The lowest BCUT2D eigenvalue weighted by Crippen LogP contribution is -2.36. The zero-order chi connectivity index (χ0) is 20.1. The first-order chi connectivity index (χ1) is 14.2. The summed E-state index contributed by atoms with van der Waals surface area (Å²) in [7, 11) is 0. The van der Waals surface area contributed by atoms with Crippen LogP contribution in [-0.2, 0) is 6.54 Å². The zero-order valence-electron chi connectivity index (χ0n) is 17.1. The number of Topliss-reactive ketones (excluding diaryl/α,β-unsaturated/α-hetero) is 1. The fraction of sp³-hybridized carbons (Fsp3) is 0.440. The van der Waals surface area contributed by atoms with Crippen LogP contribution >= 0.6 is 0 Å². The summed E-state index contributed by atoms with van der Waals surface area (Å²) in [5.74, 6) is 0.568. The standard InChI is InChI=1S/C25H30N2O2/c28-24(21-9-3-1-4-10-21)22-12-16-26(17-13-22)19-20-8-7-11-23(18-20)25(29)27-14-5-2-6-15-27/h1,3-4,7-11,18,22H,2,5-6,12-17,19H2. The molecule has 2 aliphatic heterocycles. The largest absolute Gasteiger partial charge is 0.339 e. The van der Waals surface area contributed by atoms with Crippen molar-refractivity contribution in [3.63, 3.8) is 0 Å². The van der Waals surface area contributed by atoms with Crippen LogP contribution in [0.4, 0.5) is 0 Å². The van der Waals surface area contributed by atoms with Gasteiger partial charge in [0.15, 0.2) is 5.78 Å². The minimum absolute atomic E-state index is 0.126. The molecule has 0 aromatic heterocycles. The van der Waals surface area contributed by atoms with Gasteiger partial charge in [0.05, 0.1) is 0 Å². The monoisotopic (exact) mass is 390 g/mol. The predicted molar refractivity (Wildman–Crippen MR) is 115 cm³/mol. The highest BCUT2D eigenvalue weighted by atomic mass is 16.2. The average molecular weight is 391 g/mol. The van der Waals surface area contributed by atoms with E-state index in [0.29, 0.717) is 0 Å². The van der Waals surface area contributed by atoms with Crippen LogP contribution in [0.25, 0.3) is 0 Å². The molecule has 0 spiro atoms. The number of carbonyl (C=O) groups is 2. The Bertz CT molecular complexity index is 835. The minimum atomic E-state index is 0.126. The van der Waals surface area contributed by atoms with Crippen molar-refractivity contribution in [2.45, 2.75) is 38.6 Å². The fourth-order valence-electron chi connectivity index (χ4n) is 4.53. The Kier molecular flexibility index (Phi) is 6.40. The van der Waals surface area contributed by atoms with Crippen molar-refractivity contribution in [3.8, 4) is 0 Å². The number of ketones is 1. The van der Waals surface area contributed by atoms with E-state index in [2.05, 4.69) is 17.0 Å². The topological polar surface area (TPSA) is 40.6 Å². The van der Waals surface area contributed by atoms with Crippen molar-refractivity contribution in [2.75, 3.05) is 26.2 Å². The molecule has 0 N–H and O–H groups in total. The molecule has 0 unspecified atom stereocenters. The second-order valence-corrected chi connectivity index (χ2v) is 8.33. The molecule has 0 atom stereocenters. The van der Waals surface area contributed by atoms with Gasteiger partial charge in [-0.3, -0.25) is 14.5 Å². The Labute approximate surface area is 173 Å². The van der Waals surface area contributed by atoms with Crippen LogP contribution in [0.3, 0.4) is 0 Å². The van der Waals surface area contributed by atoms with Crippen LogP contribution in [0.2, 0.25) is 0 Å². The lowest BCUT2D eigenvalue weighted by molar-refractivity contribution is 0.0723. The van der Waals surface area contributed by atoms with E-state index in [4.69, 9.17) is 0 Å². The molecule has 0 saturated carbocycles. The highest BCUT2D eigenvalue weighted by Gasteiger charge is 2.26. The van der Waals surface area contributed by atoms with E-state index >= 15 is 0 Å². The van der Waals surface area contributed by atoms with Gasteiger partial charge < -0.3 is 4.90 Å². The molecular formula is C25H30N2O2. The highest BCUT2D eigenvalue weighted by Crippen LogP contribution is 2.23. The summed E-state index contributed by atoms with van der Waals surface area (Å²) < 4.78 is 0. The molecule has 152 valence electrons. The fourth-order valence-corrected chi connectivity index (χ4v) is 4.53. The quantitative estimate of drug-likeness (QED) is 0.710. The van der Waals surface area contributed by atoms with Gasteiger partial charge in [-0.15, -0.1) is 0 Å². The molecule has 2 aromatic rings. The van der Waals surface area contributed by atoms with Crippen LogP contribution < -0.4 is 0 Å². The molecule has 1 amide bonds. The molecule has 0 aliphatic carbocycles. The minimum Gasteiger partial charge on any atom is -0.339 e. The van der Waals surface area contributed by atoms with Gasteiger partial charge >= 0.3 is 0 Å².